The van der Waals surface area contributed by atoms with Crippen LogP contribution in [0.2, 0.25) is 0 Å². The van der Waals surface area contributed by atoms with Crippen LogP contribution in [0.15, 0.2) is 42.5 Å². The Morgan fingerprint density at radius 2 is 1.88 bits per heavy atom. The highest BCUT2D eigenvalue weighted by molar-refractivity contribution is 5.98. The minimum atomic E-state index is -0.659. The van der Waals surface area contributed by atoms with E-state index >= 15 is 0 Å². The maximum Gasteiger partial charge on any atom is 0.316 e. The highest BCUT2D eigenvalue weighted by Gasteiger charge is 2.35. The van der Waals surface area contributed by atoms with E-state index in [1.165, 1.54) is 23.1 Å². The van der Waals surface area contributed by atoms with E-state index in [9.17, 15) is 24.5 Å². The van der Waals surface area contributed by atoms with Crippen LogP contribution in [-0.4, -0.2) is 40.3 Å². The second kappa shape index (κ2) is 9.46. The van der Waals surface area contributed by atoms with Gasteiger partial charge in [-0.15, -0.1) is 0 Å². The number of rotatable bonds is 6. The summed E-state index contributed by atoms with van der Waals surface area (Å²) >= 11 is 0. The van der Waals surface area contributed by atoms with Crippen LogP contribution >= 0.6 is 0 Å². The van der Waals surface area contributed by atoms with Gasteiger partial charge in [0, 0.05) is 29.4 Å². The molecule has 0 bridgehead atoms. The molecule has 3 rings (SSSR count). The average molecular weight is 439 g/mol. The molecule has 4 amide bonds. The number of urea groups is 1. The molecular formula is C22H25N5O5. The molecule has 32 heavy (non-hydrogen) atoms. The number of likely N-dealkylation sites (tertiary alicyclic amines) is 1. The molecule has 10 nitrogen and oxygen atoms in total. The number of benzene rings is 2. The van der Waals surface area contributed by atoms with Gasteiger partial charge >= 0.3 is 6.03 Å². The van der Waals surface area contributed by atoms with Gasteiger partial charge in [-0.25, -0.2) is 4.79 Å². The number of hydrogen-bond donors (Lipinski definition) is 3. The monoisotopic (exact) mass is 439 g/mol. The number of nitrogens with two attached hydrogens (primary N) is 1. The van der Waals surface area contributed by atoms with Crippen LogP contribution in [0.5, 0.6) is 0 Å². The molecule has 1 fully saturated rings. The highest BCUT2D eigenvalue weighted by atomic mass is 16.6. The summed E-state index contributed by atoms with van der Waals surface area (Å²) in [6.07, 6.45) is 1.23. The first-order valence-corrected chi connectivity index (χ1v) is 10.2. The molecule has 2 unspecified atom stereocenters. The molecule has 2 aromatic carbocycles. The third kappa shape index (κ3) is 5.02. The summed E-state index contributed by atoms with van der Waals surface area (Å²) < 4.78 is 0. The lowest BCUT2D eigenvalue weighted by Gasteiger charge is -2.26. The summed E-state index contributed by atoms with van der Waals surface area (Å²) in [4.78, 5) is 48.9. The maximum absolute atomic E-state index is 13.0. The lowest BCUT2D eigenvalue weighted by atomic mass is 10.1. The summed E-state index contributed by atoms with van der Waals surface area (Å²) in [6, 6.07) is 9.54. The van der Waals surface area contributed by atoms with Crippen LogP contribution in [0.3, 0.4) is 0 Å². The Balaban J connectivity index is 1.68. The van der Waals surface area contributed by atoms with E-state index in [2.05, 4.69) is 10.6 Å². The predicted octanol–water partition coefficient (Wildman–Crippen LogP) is 2.88. The van der Waals surface area contributed by atoms with Crippen LogP contribution in [0.4, 0.5) is 16.2 Å². The van der Waals surface area contributed by atoms with Gasteiger partial charge in [-0.05, 0) is 56.5 Å². The van der Waals surface area contributed by atoms with Crippen molar-refractivity contribution in [2.75, 3.05) is 11.9 Å². The highest BCUT2D eigenvalue weighted by Crippen LogP contribution is 2.25. The summed E-state index contributed by atoms with van der Waals surface area (Å²) in [7, 11) is 0. The topological polar surface area (TPSA) is 148 Å². The molecule has 0 aliphatic carbocycles. The van der Waals surface area contributed by atoms with Gasteiger partial charge in [0.2, 0.25) is 5.91 Å². The molecule has 1 heterocycles. The van der Waals surface area contributed by atoms with Gasteiger partial charge in [0.05, 0.1) is 11.0 Å². The predicted molar refractivity (Wildman–Crippen MR) is 118 cm³/mol. The van der Waals surface area contributed by atoms with Gasteiger partial charge in [-0.3, -0.25) is 19.7 Å². The smallest absolute Gasteiger partial charge is 0.316 e. The second-order valence-electron chi connectivity index (χ2n) is 7.76. The zero-order chi connectivity index (χ0) is 23.4. The van der Waals surface area contributed by atoms with E-state index in [4.69, 9.17) is 5.73 Å². The van der Waals surface area contributed by atoms with Gasteiger partial charge in [0.15, 0.2) is 0 Å². The van der Waals surface area contributed by atoms with Crippen molar-refractivity contribution in [3.05, 3.63) is 69.3 Å². The number of carbonyl (C=O) groups is 3. The van der Waals surface area contributed by atoms with E-state index in [0.29, 0.717) is 36.2 Å². The Bertz CT molecular complexity index is 1050. The zero-order valence-electron chi connectivity index (χ0n) is 17.8. The van der Waals surface area contributed by atoms with Crippen molar-refractivity contribution >= 4 is 29.2 Å². The van der Waals surface area contributed by atoms with E-state index in [0.717, 1.165) is 5.56 Å². The van der Waals surface area contributed by atoms with Crippen LogP contribution in [-0.2, 0) is 4.79 Å². The van der Waals surface area contributed by atoms with Gasteiger partial charge in [-0.2, -0.15) is 0 Å². The Morgan fingerprint density at radius 3 is 2.47 bits per heavy atom. The molecule has 0 spiro atoms. The first kappa shape index (κ1) is 22.7. The van der Waals surface area contributed by atoms with Gasteiger partial charge in [0.1, 0.15) is 6.04 Å². The van der Waals surface area contributed by atoms with Crippen molar-refractivity contribution in [3.63, 3.8) is 0 Å². The number of nitrogens with one attached hydrogen (secondary N) is 2. The van der Waals surface area contributed by atoms with Crippen molar-refractivity contribution in [3.8, 4) is 0 Å². The molecule has 1 aliphatic rings. The van der Waals surface area contributed by atoms with Crippen molar-refractivity contribution in [1.29, 1.82) is 0 Å². The quantitative estimate of drug-likeness (QED) is 0.468. The fourth-order valence-corrected chi connectivity index (χ4v) is 3.83. The van der Waals surface area contributed by atoms with Crippen LogP contribution in [0.1, 0.15) is 47.3 Å². The standard InChI is InChI=1S/C22H25N5O5/c1-13-12-16(7-10-18(13)27(31)32)21(29)26-11-3-4-19(26)20(28)24-14(2)15-5-8-17(9-6-15)25-22(23)30/h5-10,12,14,19H,3-4,11H2,1-2H3,(H,24,28)(H3,23,25,30). The third-order valence-electron chi connectivity index (χ3n) is 5.49. The Kier molecular flexibility index (Phi) is 6.72. The molecule has 2 aromatic rings. The molecule has 168 valence electrons. The fourth-order valence-electron chi connectivity index (χ4n) is 3.83. The van der Waals surface area contributed by atoms with Crippen molar-refractivity contribution in [1.82, 2.24) is 10.2 Å². The Labute approximate surface area is 184 Å². The van der Waals surface area contributed by atoms with Crippen LogP contribution in [0, 0.1) is 17.0 Å². The number of nitro groups is 1. The third-order valence-corrected chi connectivity index (χ3v) is 5.49. The second-order valence-corrected chi connectivity index (χ2v) is 7.76. The average Bonchev–Trinajstić information content (AvgIpc) is 3.23. The number of nitro benzene ring substituents is 1. The number of primary amides is 1. The Hall–Kier alpha value is -3.95. The molecule has 1 aliphatic heterocycles. The minimum Gasteiger partial charge on any atom is -0.351 e. The minimum absolute atomic E-state index is 0.0527. The van der Waals surface area contributed by atoms with Crippen molar-refractivity contribution in [2.24, 2.45) is 5.73 Å². The van der Waals surface area contributed by atoms with Crippen molar-refractivity contribution in [2.45, 2.75) is 38.8 Å². The van der Waals surface area contributed by atoms with E-state index in [-0.39, 0.29) is 23.5 Å². The number of amides is 4. The molecule has 0 aromatic heterocycles. The molecular weight excluding hydrogens is 414 g/mol. The van der Waals surface area contributed by atoms with E-state index in [1.807, 2.05) is 6.92 Å². The number of anilines is 1. The molecule has 0 radical (unpaired) electrons. The van der Waals surface area contributed by atoms with Crippen LogP contribution < -0.4 is 16.4 Å². The summed E-state index contributed by atoms with van der Waals surface area (Å²) in [6.45, 7) is 3.85. The van der Waals surface area contributed by atoms with Crippen LogP contribution in [0.25, 0.3) is 0 Å². The first-order chi connectivity index (χ1) is 15.2. The summed E-state index contributed by atoms with van der Waals surface area (Å²) in [5, 5.41) is 16.4. The van der Waals surface area contributed by atoms with Gasteiger partial charge < -0.3 is 21.3 Å². The number of nitrogens with zero attached hydrogens (tertiary/aromatic N) is 2. The van der Waals surface area contributed by atoms with Crippen molar-refractivity contribution < 1.29 is 19.3 Å². The SMILES string of the molecule is Cc1cc(C(=O)N2CCCC2C(=O)NC(C)c2ccc(NC(N)=O)cc2)ccc1[N+](=O)[O-]. The first-order valence-electron chi connectivity index (χ1n) is 10.2. The largest absolute Gasteiger partial charge is 0.351 e. The van der Waals surface area contributed by atoms with Gasteiger partial charge in [0.25, 0.3) is 11.6 Å². The van der Waals surface area contributed by atoms with Gasteiger partial charge in [-0.1, -0.05) is 12.1 Å². The lowest BCUT2D eigenvalue weighted by Crippen LogP contribution is -2.46. The fraction of sp³-hybridized carbons (Fsp3) is 0.318. The summed E-state index contributed by atoms with van der Waals surface area (Å²) in [5.41, 5.74) is 7.13. The number of hydrogen-bond acceptors (Lipinski definition) is 5. The Morgan fingerprint density at radius 1 is 1.19 bits per heavy atom. The number of aryl methyl sites for hydroxylation is 1. The molecule has 2 atom stereocenters. The molecule has 0 saturated carbocycles. The van der Waals surface area contributed by atoms with E-state index < -0.39 is 17.0 Å². The molecule has 10 heteroatoms. The lowest BCUT2D eigenvalue weighted by molar-refractivity contribution is -0.385. The van der Waals surface area contributed by atoms with E-state index in [1.54, 1.807) is 31.2 Å². The number of carbonyl (C=O) groups excluding carboxylic acids is 3. The molecule has 1 saturated heterocycles. The molecule has 4 N–H and O–H groups in total. The summed E-state index contributed by atoms with van der Waals surface area (Å²) in [5.74, 6) is -0.587. The zero-order valence-corrected chi connectivity index (χ0v) is 17.8. The maximum atomic E-state index is 13.0. The normalized spacial score (nSPS) is 16.3.